The zero-order valence-electron chi connectivity index (χ0n) is 37.3. The molecule has 0 amide bonds. The van der Waals surface area contributed by atoms with Crippen LogP contribution in [0.3, 0.4) is 0 Å². The van der Waals surface area contributed by atoms with Crippen molar-refractivity contribution in [2.24, 2.45) is 0 Å². The quantitative estimate of drug-likeness (QED) is 0.120. The van der Waals surface area contributed by atoms with E-state index in [1.807, 2.05) is 0 Å². The summed E-state index contributed by atoms with van der Waals surface area (Å²) < 4.78 is 0. The Hall–Kier alpha value is -8.32. The second-order valence-corrected chi connectivity index (χ2v) is 19.4. The van der Waals surface area contributed by atoms with E-state index in [1.54, 1.807) is 0 Å². The maximum Gasteiger partial charge on any atom is 0.0159 e. The van der Waals surface area contributed by atoms with Crippen molar-refractivity contribution in [2.45, 2.75) is 19.3 Å². The molecule has 0 aromatic heterocycles. The average Bonchev–Trinajstić information content (AvgIpc) is 3.60. The molecule has 1 aliphatic rings. The second kappa shape index (κ2) is 13.4. The lowest BCUT2D eigenvalue weighted by Crippen LogP contribution is -2.15. The number of hydrogen-bond donors (Lipinski definition) is 0. The fourth-order valence-electron chi connectivity index (χ4n) is 12.7. The minimum absolute atomic E-state index is 0.188. The van der Waals surface area contributed by atoms with Crippen molar-refractivity contribution in [1.82, 2.24) is 0 Å². The first-order valence-corrected chi connectivity index (χ1v) is 23.7. The van der Waals surface area contributed by atoms with Crippen LogP contribution in [0.25, 0.3) is 141 Å². The predicted octanol–water partition coefficient (Wildman–Crippen LogP) is 18.9. The van der Waals surface area contributed by atoms with E-state index >= 15 is 0 Å². The van der Waals surface area contributed by atoms with Crippen molar-refractivity contribution in [1.29, 1.82) is 0 Å². The van der Waals surface area contributed by atoms with Gasteiger partial charge in [0, 0.05) is 5.41 Å². The molecule has 0 saturated carbocycles. The van der Waals surface area contributed by atoms with Crippen LogP contribution in [0.4, 0.5) is 0 Å². The molecule has 0 bridgehead atoms. The molecule has 0 unspecified atom stereocenters. The molecule has 0 nitrogen and oxygen atoms in total. The van der Waals surface area contributed by atoms with Crippen LogP contribution in [-0.2, 0) is 5.41 Å². The normalized spacial score (nSPS) is 13.3. The molecular formula is C67H42. The third-order valence-electron chi connectivity index (χ3n) is 15.7. The molecule has 67 heavy (non-hydrogen) atoms. The fourth-order valence-corrected chi connectivity index (χ4v) is 12.7. The average molecular weight is 847 g/mol. The number of rotatable bonds is 2. The summed E-state index contributed by atoms with van der Waals surface area (Å²) in [6.07, 6.45) is 0. The van der Waals surface area contributed by atoms with Crippen LogP contribution in [0.5, 0.6) is 0 Å². The van der Waals surface area contributed by atoms with Gasteiger partial charge < -0.3 is 0 Å². The Kier molecular flexibility index (Phi) is 7.38. The van der Waals surface area contributed by atoms with Crippen molar-refractivity contribution in [2.75, 3.05) is 0 Å². The molecule has 0 atom stereocenters. The van der Waals surface area contributed by atoms with Crippen LogP contribution in [0, 0.1) is 0 Å². The van der Waals surface area contributed by atoms with Gasteiger partial charge in [0.15, 0.2) is 0 Å². The van der Waals surface area contributed by atoms with E-state index in [1.165, 1.54) is 152 Å². The summed E-state index contributed by atoms with van der Waals surface area (Å²) in [5.41, 5.74) is 10.4. The van der Waals surface area contributed by atoms with E-state index in [0.29, 0.717) is 0 Å². The standard InChI is InChI=1S/C67H42/c1-67(2)62-37-58-47-24-10-8-22-45(47)44-21-7-9-23-46(44)56(58)35-60(62)61-36-57-49-26-12-11-25-48(49)55-34-41(31-32-50(55)59(57)38-63(61)67)64-51-27-13-15-29-53(51)66(54-30-16-14-28-52(54)64)65-42-19-5-3-17-39(42)33-40-18-4-6-20-43(40)65/h3-38H,1-2H3. The minimum Gasteiger partial charge on any atom is -0.0616 e. The highest BCUT2D eigenvalue weighted by molar-refractivity contribution is 6.31. The molecule has 310 valence electrons. The molecule has 0 heterocycles. The van der Waals surface area contributed by atoms with Crippen LogP contribution >= 0.6 is 0 Å². The monoisotopic (exact) mass is 846 g/mol. The van der Waals surface area contributed by atoms with Crippen LogP contribution in [0.15, 0.2) is 218 Å². The van der Waals surface area contributed by atoms with Crippen molar-refractivity contribution in [3.63, 3.8) is 0 Å². The van der Waals surface area contributed by atoms with Gasteiger partial charge in [-0.05, 0) is 189 Å². The third-order valence-corrected chi connectivity index (χ3v) is 15.7. The van der Waals surface area contributed by atoms with Gasteiger partial charge in [0.25, 0.3) is 0 Å². The number of benzene rings is 14. The third kappa shape index (κ3) is 4.97. The van der Waals surface area contributed by atoms with Gasteiger partial charge >= 0.3 is 0 Å². The van der Waals surface area contributed by atoms with Crippen molar-refractivity contribution < 1.29 is 0 Å². The number of hydrogen-bond acceptors (Lipinski definition) is 0. The lowest BCUT2D eigenvalue weighted by Gasteiger charge is -2.23. The van der Waals surface area contributed by atoms with E-state index in [2.05, 4.69) is 232 Å². The Morgan fingerprint density at radius 1 is 0.224 bits per heavy atom. The summed E-state index contributed by atoms with van der Waals surface area (Å²) in [6.45, 7) is 4.86. The molecular weight excluding hydrogens is 805 g/mol. The molecule has 0 aliphatic heterocycles. The highest BCUT2D eigenvalue weighted by Gasteiger charge is 2.37. The second-order valence-electron chi connectivity index (χ2n) is 19.4. The first-order chi connectivity index (χ1) is 33.0. The Labute approximate surface area is 388 Å². The molecule has 15 rings (SSSR count). The summed E-state index contributed by atoms with van der Waals surface area (Å²) >= 11 is 0. The maximum atomic E-state index is 2.55. The molecule has 1 aliphatic carbocycles. The Balaban J connectivity index is 0.994. The Morgan fingerprint density at radius 3 is 0.955 bits per heavy atom. The van der Waals surface area contributed by atoms with Crippen LogP contribution < -0.4 is 0 Å². The van der Waals surface area contributed by atoms with Crippen molar-refractivity contribution in [3.05, 3.63) is 230 Å². The fraction of sp³-hybridized carbons (Fsp3) is 0.0448. The van der Waals surface area contributed by atoms with E-state index in [-0.39, 0.29) is 5.41 Å². The summed E-state index contributed by atoms with van der Waals surface area (Å²) in [5, 5.41) is 25.9. The van der Waals surface area contributed by atoms with Crippen LogP contribution in [-0.4, -0.2) is 0 Å². The Bertz CT molecular complexity index is 4410. The Morgan fingerprint density at radius 2 is 0.522 bits per heavy atom. The maximum absolute atomic E-state index is 2.55. The summed E-state index contributed by atoms with van der Waals surface area (Å²) in [5.74, 6) is 0. The van der Waals surface area contributed by atoms with Gasteiger partial charge in [0.2, 0.25) is 0 Å². The van der Waals surface area contributed by atoms with Gasteiger partial charge in [-0.15, -0.1) is 0 Å². The van der Waals surface area contributed by atoms with E-state index in [0.717, 1.165) is 0 Å². The topological polar surface area (TPSA) is 0 Å². The zero-order valence-corrected chi connectivity index (χ0v) is 37.3. The largest absolute Gasteiger partial charge is 0.0616 e. The summed E-state index contributed by atoms with van der Waals surface area (Å²) in [6, 6.07) is 82.8. The molecule has 0 fully saturated rings. The molecule has 14 aromatic carbocycles. The van der Waals surface area contributed by atoms with Crippen molar-refractivity contribution in [3.8, 4) is 33.4 Å². The predicted molar refractivity (Wildman–Crippen MR) is 290 cm³/mol. The summed E-state index contributed by atoms with van der Waals surface area (Å²) in [4.78, 5) is 0. The zero-order chi connectivity index (χ0) is 44.1. The van der Waals surface area contributed by atoms with Crippen molar-refractivity contribution >= 4 is 108 Å². The van der Waals surface area contributed by atoms with Gasteiger partial charge in [-0.25, -0.2) is 0 Å². The molecule has 14 aromatic rings. The van der Waals surface area contributed by atoms with Gasteiger partial charge in [-0.2, -0.15) is 0 Å². The van der Waals surface area contributed by atoms with Gasteiger partial charge in [0.05, 0.1) is 0 Å². The molecule has 0 spiro atoms. The molecule has 0 radical (unpaired) electrons. The molecule has 0 saturated heterocycles. The van der Waals surface area contributed by atoms with E-state index in [9.17, 15) is 0 Å². The molecule has 0 heteroatoms. The first kappa shape index (κ1) is 37.0. The highest BCUT2D eigenvalue weighted by atomic mass is 14.4. The lowest BCUT2D eigenvalue weighted by atomic mass is 9.80. The summed E-state index contributed by atoms with van der Waals surface area (Å²) in [7, 11) is 0. The lowest BCUT2D eigenvalue weighted by molar-refractivity contribution is 0.662. The SMILES string of the molecule is CC1(C)c2cc3c4ccccc4c4ccccc4c3cc2-c2cc3c4ccccc4c4cc(-c5c6ccccc6c(-c6c7ccccc7cc7ccccc67)c6ccccc56)ccc4c3cc21. The van der Waals surface area contributed by atoms with E-state index < -0.39 is 0 Å². The van der Waals surface area contributed by atoms with Crippen LogP contribution in [0.1, 0.15) is 25.0 Å². The number of fused-ring (bicyclic) bond motifs is 19. The van der Waals surface area contributed by atoms with Gasteiger partial charge in [0.1, 0.15) is 0 Å². The van der Waals surface area contributed by atoms with Gasteiger partial charge in [-0.3, -0.25) is 0 Å². The first-order valence-electron chi connectivity index (χ1n) is 23.7. The smallest absolute Gasteiger partial charge is 0.0159 e. The molecule has 0 N–H and O–H groups in total. The minimum atomic E-state index is -0.188. The highest BCUT2D eigenvalue weighted by Crippen LogP contribution is 2.54. The van der Waals surface area contributed by atoms with E-state index in [4.69, 9.17) is 0 Å². The van der Waals surface area contributed by atoms with Crippen LogP contribution in [0.2, 0.25) is 0 Å². The van der Waals surface area contributed by atoms with Gasteiger partial charge in [-0.1, -0.05) is 196 Å².